The van der Waals surface area contributed by atoms with Crippen LogP contribution in [0.25, 0.3) is 0 Å². The summed E-state index contributed by atoms with van der Waals surface area (Å²) < 4.78 is 0. The van der Waals surface area contributed by atoms with E-state index in [-0.39, 0.29) is 0 Å². The van der Waals surface area contributed by atoms with E-state index in [2.05, 4.69) is 29.2 Å². The summed E-state index contributed by atoms with van der Waals surface area (Å²) in [6.07, 6.45) is 1.49. The van der Waals surface area contributed by atoms with Gasteiger partial charge in [0.15, 0.2) is 0 Å². The molecule has 2 heteroatoms. The maximum Gasteiger partial charge on any atom is 0.0234 e. The quantitative estimate of drug-likeness (QED) is 0.806. The van der Waals surface area contributed by atoms with E-state index in [1.807, 2.05) is 0 Å². The number of nitrogens with zero attached hydrogens (tertiary/aromatic N) is 1. The topological polar surface area (TPSA) is 29.3 Å². The van der Waals surface area contributed by atoms with E-state index in [1.165, 1.54) is 30.6 Å². The molecule has 1 saturated carbocycles. The SMILES string of the molecule is NCc1cccc(CN2CC3CC3C2)c1. The molecular formula is C13H18N2. The maximum atomic E-state index is 5.64. The Morgan fingerprint density at radius 2 is 1.93 bits per heavy atom. The summed E-state index contributed by atoms with van der Waals surface area (Å²) >= 11 is 0. The third kappa shape index (κ3) is 1.92. The van der Waals surface area contributed by atoms with Crippen LogP contribution in [-0.4, -0.2) is 18.0 Å². The van der Waals surface area contributed by atoms with Crippen molar-refractivity contribution in [3.8, 4) is 0 Å². The van der Waals surface area contributed by atoms with Gasteiger partial charge in [0.2, 0.25) is 0 Å². The number of likely N-dealkylation sites (tertiary alicyclic amines) is 1. The summed E-state index contributed by atoms with van der Waals surface area (Å²) in [6.45, 7) is 4.40. The van der Waals surface area contributed by atoms with Crippen molar-refractivity contribution in [2.45, 2.75) is 19.5 Å². The van der Waals surface area contributed by atoms with Crippen LogP contribution in [0.2, 0.25) is 0 Å². The van der Waals surface area contributed by atoms with Crippen molar-refractivity contribution in [1.29, 1.82) is 0 Å². The molecule has 2 N–H and O–H groups in total. The molecule has 2 unspecified atom stereocenters. The van der Waals surface area contributed by atoms with E-state index in [1.54, 1.807) is 0 Å². The molecule has 2 atom stereocenters. The number of fused-ring (bicyclic) bond motifs is 1. The first kappa shape index (κ1) is 9.37. The molecule has 0 aromatic heterocycles. The van der Waals surface area contributed by atoms with Crippen molar-refractivity contribution >= 4 is 0 Å². The van der Waals surface area contributed by atoms with Crippen LogP contribution >= 0.6 is 0 Å². The van der Waals surface area contributed by atoms with Gasteiger partial charge in [-0.2, -0.15) is 0 Å². The average Bonchev–Trinajstić information content (AvgIpc) is 2.87. The highest BCUT2D eigenvalue weighted by Gasteiger charge is 2.44. The first-order valence-corrected chi connectivity index (χ1v) is 5.85. The minimum Gasteiger partial charge on any atom is -0.326 e. The summed E-state index contributed by atoms with van der Waals surface area (Å²) in [5, 5.41) is 0. The van der Waals surface area contributed by atoms with Gasteiger partial charge in [-0.1, -0.05) is 24.3 Å². The minimum absolute atomic E-state index is 0.652. The van der Waals surface area contributed by atoms with E-state index in [9.17, 15) is 0 Å². The van der Waals surface area contributed by atoms with Gasteiger partial charge in [0.1, 0.15) is 0 Å². The monoisotopic (exact) mass is 202 g/mol. The van der Waals surface area contributed by atoms with Crippen molar-refractivity contribution in [3.63, 3.8) is 0 Å². The largest absolute Gasteiger partial charge is 0.326 e. The summed E-state index contributed by atoms with van der Waals surface area (Å²) in [5.74, 6) is 2.06. The van der Waals surface area contributed by atoms with Gasteiger partial charge >= 0.3 is 0 Å². The smallest absolute Gasteiger partial charge is 0.0234 e. The van der Waals surface area contributed by atoms with E-state index < -0.39 is 0 Å². The molecule has 2 nitrogen and oxygen atoms in total. The van der Waals surface area contributed by atoms with Crippen LogP contribution in [0.5, 0.6) is 0 Å². The van der Waals surface area contributed by atoms with Gasteiger partial charge in [0.25, 0.3) is 0 Å². The molecule has 0 spiro atoms. The predicted molar refractivity (Wildman–Crippen MR) is 61.2 cm³/mol. The molecule has 1 aromatic rings. The third-order valence-electron chi connectivity index (χ3n) is 3.69. The molecule has 15 heavy (non-hydrogen) atoms. The Bertz CT molecular complexity index is 351. The lowest BCUT2D eigenvalue weighted by atomic mass is 10.1. The number of piperidine rings is 1. The van der Waals surface area contributed by atoms with Crippen molar-refractivity contribution < 1.29 is 0 Å². The molecule has 2 aliphatic rings. The van der Waals surface area contributed by atoms with Crippen molar-refractivity contribution in [1.82, 2.24) is 4.90 Å². The van der Waals surface area contributed by atoms with Crippen molar-refractivity contribution in [2.24, 2.45) is 17.6 Å². The fourth-order valence-corrected chi connectivity index (χ4v) is 2.74. The highest BCUT2D eigenvalue weighted by molar-refractivity contribution is 5.23. The van der Waals surface area contributed by atoms with E-state index in [0.717, 1.165) is 18.4 Å². The molecule has 2 fully saturated rings. The Labute approximate surface area is 91.1 Å². The van der Waals surface area contributed by atoms with Crippen LogP contribution in [0, 0.1) is 11.8 Å². The van der Waals surface area contributed by atoms with E-state index >= 15 is 0 Å². The number of hydrogen-bond acceptors (Lipinski definition) is 2. The molecule has 1 heterocycles. The van der Waals surface area contributed by atoms with Gasteiger partial charge in [-0.3, -0.25) is 4.90 Å². The van der Waals surface area contributed by atoms with E-state index in [4.69, 9.17) is 5.73 Å². The summed E-state index contributed by atoms with van der Waals surface area (Å²) in [6, 6.07) is 8.67. The van der Waals surface area contributed by atoms with Crippen LogP contribution in [0.15, 0.2) is 24.3 Å². The molecular weight excluding hydrogens is 184 g/mol. The second kappa shape index (κ2) is 3.62. The van der Waals surface area contributed by atoms with Crippen LogP contribution in [0.3, 0.4) is 0 Å². The highest BCUT2D eigenvalue weighted by atomic mass is 15.2. The highest BCUT2D eigenvalue weighted by Crippen LogP contribution is 2.45. The van der Waals surface area contributed by atoms with Crippen LogP contribution in [0.1, 0.15) is 17.5 Å². The molecule has 0 radical (unpaired) electrons. The zero-order valence-corrected chi connectivity index (χ0v) is 9.02. The normalized spacial score (nSPS) is 29.1. The van der Waals surface area contributed by atoms with Gasteiger partial charge in [-0.15, -0.1) is 0 Å². The molecule has 1 aromatic carbocycles. The van der Waals surface area contributed by atoms with Gasteiger partial charge < -0.3 is 5.73 Å². The Balaban J connectivity index is 1.65. The number of rotatable bonds is 3. The molecule has 1 aliphatic heterocycles. The molecule has 1 saturated heterocycles. The minimum atomic E-state index is 0.652. The molecule has 80 valence electrons. The van der Waals surface area contributed by atoms with Gasteiger partial charge in [0.05, 0.1) is 0 Å². The zero-order valence-electron chi connectivity index (χ0n) is 9.02. The fourth-order valence-electron chi connectivity index (χ4n) is 2.74. The maximum absolute atomic E-state index is 5.64. The van der Waals surface area contributed by atoms with Gasteiger partial charge in [-0.05, 0) is 29.4 Å². The van der Waals surface area contributed by atoms with E-state index in [0.29, 0.717) is 6.54 Å². The number of nitrogens with two attached hydrogens (primary N) is 1. The van der Waals surface area contributed by atoms with Crippen LogP contribution < -0.4 is 5.73 Å². The zero-order chi connectivity index (χ0) is 10.3. The standard InChI is InChI=1S/C13H18N2/c14-6-10-2-1-3-11(4-10)7-15-8-12-5-13(12)9-15/h1-4,12-13H,5-9,14H2. The van der Waals surface area contributed by atoms with Crippen molar-refractivity contribution in [3.05, 3.63) is 35.4 Å². The van der Waals surface area contributed by atoms with Gasteiger partial charge in [0, 0.05) is 26.2 Å². The third-order valence-corrected chi connectivity index (χ3v) is 3.69. The van der Waals surface area contributed by atoms with Crippen LogP contribution in [0.4, 0.5) is 0 Å². The summed E-state index contributed by atoms with van der Waals surface area (Å²) in [7, 11) is 0. The molecule has 0 amide bonds. The second-order valence-electron chi connectivity index (χ2n) is 4.97. The second-order valence-corrected chi connectivity index (χ2v) is 4.97. The first-order valence-electron chi connectivity index (χ1n) is 5.85. The van der Waals surface area contributed by atoms with Crippen molar-refractivity contribution in [2.75, 3.05) is 13.1 Å². The Hall–Kier alpha value is -0.860. The lowest BCUT2D eigenvalue weighted by molar-refractivity contribution is 0.297. The lowest BCUT2D eigenvalue weighted by Crippen LogP contribution is -2.22. The number of hydrogen-bond donors (Lipinski definition) is 1. The van der Waals surface area contributed by atoms with Crippen LogP contribution in [-0.2, 0) is 13.1 Å². The first-order chi connectivity index (χ1) is 7.35. The Kier molecular flexibility index (Phi) is 2.26. The Morgan fingerprint density at radius 3 is 2.67 bits per heavy atom. The molecule has 0 bridgehead atoms. The van der Waals surface area contributed by atoms with Gasteiger partial charge in [-0.25, -0.2) is 0 Å². The summed E-state index contributed by atoms with van der Waals surface area (Å²) in [5.41, 5.74) is 8.31. The number of benzene rings is 1. The summed E-state index contributed by atoms with van der Waals surface area (Å²) in [4.78, 5) is 2.58. The average molecular weight is 202 g/mol. The lowest BCUT2D eigenvalue weighted by Gasteiger charge is -2.17. The molecule has 3 rings (SSSR count). The fraction of sp³-hybridized carbons (Fsp3) is 0.538. The molecule has 1 aliphatic carbocycles. The predicted octanol–water partition coefficient (Wildman–Crippen LogP) is 1.60. The Morgan fingerprint density at radius 1 is 1.20 bits per heavy atom.